The van der Waals surface area contributed by atoms with Gasteiger partial charge in [0.15, 0.2) is 0 Å². The second-order valence-corrected chi connectivity index (χ2v) is 6.74. The third kappa shape index (κ3) is 3.37. The van der Waals surface area contributed by atoms with Crippen molar-refractivity contribution < 1.29 is 0 Å². The molecule has 0 aliphatic heterocycles. The zero-order chi connectivity index (χ0) is 16.2. The molecular formula is C21H23NS. The number of thioether (sulfide) groups is 1. The van der Waals surface area contributed by atoms with Crippen LogP contribution in [0.2, 0.25) is 0 Å². The molecule has 0 amide bonds. The maximum absolute atomic E-state index is 2.33. The van der Waals surface area contributed by atoms with E-state index in [0.29, 0.717) is 0 Å². The van der Waals surface area contributed by atoms with Crippen LogP contribution in [0, 0.1) is 13.8 Å². The van der Waals surface area contributed by atoms with E-state index in [4.69, 9.17) is 0 Å². The molecule has 0 bridgehead atoms. The van der Waals surface area contributed by atoms with Crippen LogP contribution < -0.4 is 0 Å². The lowest BCUT2D eigenvalue weighted by Gasteiger charge is -2.19. The molecule has 0 saturated carbocycles. The Hall–Kier alpha value is -1.93. The van der Waals surface area contributed by atoms with Crippen LogP contribution in [0.3, 0.4) is 0 Å². The normalized spacial score (nSPS) is 10.9. The zero-order valence-corrected chi connectivity index (χ0v) is 14.9. The first-order valence-electron chi connectivity index (χ1n) is 8.05. The Bertz CT molecular complexity index is 773. The van der Waals surface area contributed by atoms with Gasteiger partial charge < -0.3 is 4.57 Å². The fourth-order valence-electron chi connectivity index (χ4n) is 3.08. The second kappa shape index (κ2) is 7.10. The Morgan fingerprint density at radius 3 is 2.26 bits per heavy atom. The van der Waals surface area contributed by atoms with Gasteiger partial charge in [0, 0.05) is 23.0 Å². The zero-order valence-electron chi connectivity index (χ0n) is 14.0. The number of rotatable bonds is 5. The lowest BCUT2D eigenvalue weighted by atomic mass is 9.98. The predicted octanol–water partition coefficient (Wildman–Crippen LogP) is 5.60. The highest BCUT2D eigenvalue weighted by atomic mass is 32.2. The molecule has 0 N–H and O–H groups in total. The SMILES string of the molecule is CSc1c(C)c(C)cc(-n2cccc2)c1CCc1ccccc1. The maximum atomic E-state index is 2.33. The van der Waals surface area contributed by atoms with Gasteiger partial charge in [-0.1, -0.05) is 30.3 Å². The van der Waals surface area contributed by atoms with Gasteiger partial charge in [-0.15, -0.1) is 11.8 Å². The summed E-state index contributed by atoms with van der Waals surface area (Å²) in [5.74, 6) is 0. The average molecular weight is 321 g/mol. The van der Waals surface area contributed by atoms with Crippen molar-refractivity contribution in [3.05, 3.63) is 83.2 Å². The molecule has 1 aromatic heterocycles. The van der Waals surface area contributed by atoms with Crippen molar-refractivity contribution in [2.45, 2.75) is 31.6 Å². The quantitative estimate of drug-likeness (QED) is 0.554. The van der Waals surface area contributed by atoms with Crippen molar-refractivity contribution in [1.82, 2.24) is 4.57 Å². The Morgan fingerprint density at radius 2 is 1.61 bits per heavy atom. The van der Waals surface area contributed by atoms with Gasteiger partial charge in [-0.2, -0.15) is 0 Å². The molecule has 1 heterocycles. The Kier molecular flexibility index (Phi) is 4.92. The van der Waals surface area contributed by atoms with Crippen LogP contribution in [-0.4, -0.2) is 10.8 Å². The van der Waals surface area contributed by atoms with Gasteiger partial charge in [0.25, 0.3) is 0 Å². The van der Waals surface area contributed by atoms with Gasteiger partial charge in [-0.3, -0.25) is 0 Å². The van der Waals surface area contributed by atoms with Crippen LogP contribution in [0.25, 0.3) is 5.69 Å². The van der Waals surface area contributed by atoms with E-state index in [-0.39, 0.29) is 0 Å². The molecule has 0 atom stereocenters. The second-order valence-electron chi connectivity index (χ2n) is 5.93. The molecule has 2 aromatic carbocycles. The van der Waals surface area contributed by atoms with Crippen LogP contribution in [0.15, 0.2) is 65.8 Å². The number of aryl methyl sites for hydroxylation is 2. The highest BCUT2D eigenvalue weighted by Gasteiger charge is 2.14. The molecule has 0 aliphatic rings. The molecule has 23 heavy (non-hydrogen) atoms. The van der Waals surface area contributed by atoms with E-state index >= 15 is 0 Å². The lowest BCUT2D eigenvalue weighted by molar-refractivity contribution is 0.895. The summed E-state index contributed by atoms with van der Waals surface area (Å²) in [6, 6.07) is 17.3. The largest absolute Gasteiger partial charge is 0.324 e. The lowest BCUT2D eigenvalue weighted by Crippen LogP contribution is -2.05. The molecule has 0 saturated heterocycles. The first kappa shape index (κ1) is 15.9. The molecule has 0 fully saturated rings. The number of aromatic nitrogens is 1. The molecule has 0 radical (unpaired) electrons. The van der Waals surface area contributed by atoms with Crippen LogP contribution in [0.5, 0.6) is 0 Å². The van der Waals surface area contributed by atoms with Crippen molar-refractivity contribution in [2.75, 3.05) is 6.26 Å². The number of hydrogen-bond acceptors (Lipinski definition) is 1. The first-order valence-corrected chi connectivity index (χ1v) is 9.27. The minimum Gasteiger partial charge on any atom is -0.324 e. The fraction of sp³-hybridized carbons (Fsp3) is 0.238. The summed E-state index contributed by atoms with van der Waals surface area (Å²) in [6.45, 7) is 4.45. The molecule has 3 aromatic rings. The third-order valence-electron chi connectivity index (χ3n) is 4.46. The summed E-state index contributed by atoms with van der Waals surface area (Å²) < 4.78 is 2.24. The van der Waals surface area contributed by atoms with E-state index < -0.39 is 0 Å². The highest BCUT2D eigenvalue weighted by Crippen LogP contribution is 2.33. The summed E-state index contributed by atoms with van der Waals surface area (Å²) >= 11 is 1.87. The van der Waals surface area contributed by atoms with E-state index in [0.717, 1.165) is 12.8 Å². The first-order chi connectivity index (χ1) is 11.2. The fourth-order valence-corrected chi connectivity index (χ4v) is 4.00. The molecule has 0 unspecified atom stereocenters. The minimum atomic E-state index is 1.06. The summed E-state index contributed by atoms with van der Waals surface area (Å²) in [4.78, 5) is 1.43. The number of nitrogens with zero attached hydrogens (tertiary/aromatic N) is 1. The molecular weight excluding hydrogens is 298 g/mol. The van der Waals surface area contributed by atoms with Crippen LogP contribution in [0.4, 0.5) is 0 Å². The summed E-state index contributed by atoms with van der Waals surface area (Å²) in [5.41, 5.74) is 6.95. The van der Waals surface area contributed by atoms with Gasteiger partial charge in [0.2, 0.25) is 0 Å². The van der Waals surface area contributed by atoms with E-state index in [2.05, 4.69) is 85.6 Å². The van der Waals surface area contributed by atoms with Gasteiger partial charge in [0.1, 0.15) is 0 Å². The maximum Gasteiger partial charge on any atom is 0.0495 e. The summed E-state index contributed by atoms with van der Waals surface area (Å²) in [6.07, 6.45) is 8.60. The van der Waals surface area contributed by atoms with Crippen molar-refractivity contribution in [2.24, 2.45) is 0 Å². The van der Waals surface area contributed by atoms with Crippen molar-refractivity contribution in [3.8, 4) is 5.69 Å². The van der Waals surface area contributed by atoms with Crippen molar-refractivity contribution >= 4 is 11.8 Å². The average Bonchev–Trinajstić information content (AvgIpc) is 3.11. The Labute approximate surface area is 143 Å². The molecule has 2 heteroatoms. The van der Waals surface area contributed by atoms with Gasteiger partial charge in [-0.25, -0.2) is 0 Å². The third-order valence-corrected chi connectivity index (χ3v) is 5.42. The molecule has 1 nitrogen and oxygen atoms in total. The summed E-state index contributed by atoms with van der Waals surface area (Å²) in [5, 5.41) is 0. The Balaban J connectivity index is 2.03. The van der Waals surface area contributed by atoms with E-state index in [1.54, 1.807) is 0 Å². The van der Waals surface area contributed by atoms with Crippen LogP contribution in [0.1, 0.15) is 22.3 Å². The van der Waals surface area contributed by atoms with Gasteiger partial charge in [0.05, 0.1) is 0 Å². The van der Waals surface area contributed by atoms with Gasteiger partial charge in [-0.05, 0) is 73.4 Å². The van der Waals surface area contributed by atoms with Crippen molar-refractivity contribution in [1.29, 1.82) is 0 Å². The number of hydrogen-bond donors (Lipinski definition) is 0. The van der Waals surface area contributed by atoms with E-state index in [9.17, 15) is 0 Å². The molecule has 0 aliphatic carbocycles. The van der Waals surface area contributed by atoms with E-state index in [1.807, 2.05) is 11.8 Å². The van der Waals surface area contributed by atoms with Gasteiger partial charge >= 0.3 is 0 Å². The molecule has 0 spiro atoms. The Morgan fingerprint density at radius 1 is 0.913 bits per heavy atom. The van der Waals surface area contributed by atoms with Crippen LogP contribution >= 0.6 is 11.8 Å². The standard InChI is InChI=1S/C21H23NS/c1-16-15-20(22-13-7-8-14-22)19(21(23-3)17(16)2)12-11-18-9-5-4-6-10-18/h4-10,13-15H,11-12H2,1-3H3. The monoisotopic (exact) mass is 321 g/mol. The summed E-state index contributed by atoms with van der Waals surface area (Å²) in [7, 11) is 0. The van der Waals surface area contributed by atoms with Crippen LogP contribution in [-0.2, 0) is 12.8 Å². The number of benzene rings is 2. The molecule has 3 rings (SSSR count). The van der Waals surface area contributed by atoms with Crippen molar-refractivity contribution in [3.63, 3.8) is 0 Å². The molecule has 118 valence electrons. The highest BCUT2D eigenvalue weighted by molar-refractivity contribution is 7.98. The smallest absolute Gasteiger partial charge is 0.0495 e. The predicted molar refractivity (Wildman–Crippen MR) is 101 cm³/mol. The minimum absolute atomic E-state index is 1.06. The van der Waals surface area contributed by atoms with E-state index in [1.165, 1.54) is 32.8 Å². The topological polar surface area (TPSA) is 4.93 Å².